The van der Waals surface area contributed by atoms with E-state index in [4.69, 9.17) is 5.73 Å². The van der Waals surface area contributed by atoms with Crippen LogP contribution in [0.5, 0.6) is 0 Å². The zero-order valence-electron chi connectivity index (χ0n) is 15.0. The minimum absolute atomic E-state index is 0.0481. The van der Waals surface area contributed by atoms with Crippen LogP contribution in [0.4, 0.5) is 11.5 Å². The third kappa shape index (κ3) is 3.71. The van der Waals surface area contributed by atoms with Crippen molar-refractivity contribution < 1.29 is 4.79 Å². The minimum atomic E-state index is -0.592. The molecule has 1 saturated carbocycles. The smallest absolute Gasteiger partial charge is 0.330 e. The van der Waals surface area contributed by atoms with Crippen molar-refractivity contribution in [2.45, 2.75) is 53.5 Å². The van der Waals surface area contributed by atoms with Gasteiger partial charge < -0.3 is 10.6 Å². The minimum Gasteiger partial charge on any atom is -0.383 e. The second kappa shape index (κ2) is 7.23. The Morgan fingerprint density at radius 1 is 1.25 bits per heavy atom. The van der Waals surface area contributed by atoms with E-state index < -0.39 is 11.2 Å². The molecular formula is C17H28N4O3. The van der Waals surface area contributed by atoms with Gasteiger partial charge in [-0.25, -0.2) is 4.79 Å². The van der Waals surface area contributed by atoms with Crippen LogP contribution in [0.3, 0.4) is 0 Å². The van der Waals surface area contributed by atoms with E-state index >= 15 is 0 Å². The van der Waals surface area contributed by atoms with Gasteiger partial charge in [-0.1, -0.05) is 34.1 Å². The zero-order valence-corrected chi connectivity index (χ0v) is 15.0. The molecule has 0 aromatic carbocycles. The first-order chi connectivity index (χ1) is 11.2. The normalized spacial score (nSPS) is 14.9. The number of carbonyl (C=O) groups is 1. The van der Waals surface area contributed by atoms with Gasteiger partial charge in [0.05, 0.1) is 0 Å². The standard InChI is InChI=1S/C17H28N4O3/c1-10(2)8-20(16(23)12-6-5-7-12)13-14(18)21(9-11(3)4)17(24)19-15(13)22/h10-12H,5-9,18H2,1-4H3,(H,19,22,24). The average Bonchev–Trinajstić information content (AvgIpc) is 2.39. The molecule has 134 valence electrons. The average molecular weight is 336 g/mol. The number of carbonyl (C=O) groups excluding carboxylic acids is 1. The molecule has 1 heterocycles. The summed E-state index contributed by atoms with van der Waals surface area (Å²) in [6.45, 7) is 8.68. The van der Waals surface area contributed by atoms with E-state index in [1.54, 1.807) is 0 Å². The van der Waals surface area contributed by atoms with E-state index in [1.807, 2.05) is 27.7 Å². The number of amides is 1. The number of nitrogens with two attached hydrogens (primary N) is 1. The molecule has 1 amide bonds. The second-order valence-corrected chi connectivity index (χ2v) is 7.47. The Kier molecular flexibility index (Phi) is 5.51. The highest BCUT2D eigenvalue weighted by atomic mass is 16.2. The van der Waals surface area contributed by atoms with E-state index in [2.05, 4.69) is 4.98 Å². The topological polar surface area (TPSA) is 101 Å². The summed E-state index contributed by atoms with van der Waals surface area (Å²) in [6.07, 6.45) is 2.72. The van der Waals surface area contributed by atoms with Crippen LogP contribution in [0.2, 0.25) is 0 Å². The summed E-state index contributed by atoms with van der Waals surface area (Å²) in [5.74, 6) is 0.323. The Hall–Kier alpha value is -2.05. The van der Waals surface area contributed by atoms with Gasteiger partial charge in [0, 0.05) is 19.0 Å². The number of anilines is 2. The van der Waals surface area contributed by atoms with Crippen LogP contribution in [-0.2, 0) is 11.3 Å². The van der Waals surface area contributed by atoms with Crippen molar-refractivity contribution in [1.82, 2.24) is 9.55 Å². The molecule has 0 unspecified atom stereocenters. The molecule has 2 rings (SSSR count). The molecule has 0 aliphatic heterocycles. The third-order valence-corrected chi connectivity index (χ3v) is 4.30. The fourth-order valence-electron chi connectivity index (χ4n) is 2.92. The van der Waals surface area contributed by atoms with E-state index in [1.165, 1.54) is 9.47 Å². The Bertz CT molecular complexity index is 714. The van der Waals surface area contributed by atoms with Crippen molar-refractivity contribution in [3.05, 3.63) is 20.8 Å². The molecule has 1 aromatic heterocycles. The lowest BCUT2D eigenvalue weighted by molar-refractivity contribution is -0.124. The third-order valence-electron chi connectivity index (χ3n) is 4.30. The number of hydrogen-bond donors (Lipinski definition) is 2. The molecule has 3 N–H and O–H groups in total. The molecule has 24 heavy (non-hydrogen) atoms. The molecule has 0 saturated heterocycles. The molecule has 0 atom stereocenters. The van der Waals surface area contributed by atoms with Crippen molar-refractivity contribution in [1.29, 1.82) is 0 Å². The van der Waals surface area contributed by atoms with Gasteiger partial charge in [0.15, 0.2) is 5.69 Å². The van der Waals surface area contributed by atoms with Crippen molar-refractivity contribution in [2.75, 3.05) is 17.2 Å². The lowest BCUT2D eigenvalue weighted by Gasteiger charge is -2.33. The number of nitrogen functional groups attached to an aromatic ring is 1. The fourth-order valence-corrected chi connectivity index (χ4v) is 2.92. The van der Waals surface area contributed by atoms with Gasteiger partial charge in [-0.2, -0.15) is 0 Å². The Balaban J connectivity index is 2.53. The maximum absolute atomic E-state index is 12.8. The van der Waals surface area contributed by atoms with Gasteiger partial charge in [-0.05, 0) is 24.7 Å². The summed E-state index contributed by atoms with van der Waals surface area (Å²) in [4.78, 5) is 41.1. The molecular weight excluding hydrogens is 308 g/mol. The highest BCUT2D eigenvalue weighted by Gasteiger charge is 2.33. The Labute approximate surface area is 141 Å². The quantitative estimate of drug-likeness (QED) is 0.823. The molecule has 1 fully saturated rings. The van der Waals surface area contributed by atoms with Gasteiger partial charge in [-0.3, -0.25) is 19.1 Å². The lowest BCUT2D eigenvalue weighted by Crippen LogP contribution is -2.46. The highest BCUT2D eigenvalue weighted by molar-refractivity contribution is 5.97. The van der Waals surface area contributed by atoms with Crippen LogP contribution in [0.15, 0.2) is 9.59 Å². The maximum Gasteiger partial charge on any atom is 0.330 e. The van der Waals surface area contributed by atoms with Crippen LogP contribution in [-0.4, -0.2) is 22.0 Å². The monoisotopic (exact) mass is 336 g/mol. The highest BCUT2D eigenvalue weighted by Crippen LogP contribution is 2.31. The summed E-state index contributed by atoms with van der Waals surface area (Å²) >= 11 is 0. The molecule has 1 aliphatic rings. The molecule has 7 heteroatoms. The number of aromatic amines is 1. The van der Waals surface area contributed by atoms with Crippen molar-refractivity contribution >= 4 is 17.4 Å². The fraction of sp³-hybridized carbons (Fsp3) is 0.706. The summed E-state index contributed by atoms with van der Waals surface area (Å²) in [7, 11) is 0. The van der Waals surface area contributed by atoms with Crippen LogP contribution in [0, 0.1) is 17.8 Å². The molecule has 0 bridgehead atoms. The van der Waals surface area contributed by atoms with Crippen molar-refractivity contribution in [3.63, 3.8) is 0 Å². The number of nitrogens with zero attached hydrogens (tertiary/aromatic N) is 2. The predicted molar refractivity (Wildman–Crippen MR) is 95.1 cm³/mol. The molecule has 1 aromatic rings. The predicted octanol–water partition coefficient (Wildman–Crippen LogP) is 1.56. The van der Waals surface area contributed by atoms with Gasteiger partial charge >= 0.3 is 5.69 Å². The van der Waals surface area contributed by atoms with Crippen LogP contribution in [0.25, 0.3) is 0 Å². The van der Waals surface area contributed by atoms with E-state index in [0.29, 0.717) is 13.1 Å². The summed E-state index contributed by atoms with van der Waals surface area (Å²) in [6, 6.07) is 0. The Morgan fingerprint density at radius 2 is 1.88 bits per heavy atom. The molecule has 0 radical (unpaired) electrons. The van der Waals surface area contributed by atoms with E-state index in [9.17, 15) is 14.4 Å². The van der Waals surface area contributed by atoms with Crippen molar-refractivity contribution in [2.24, 2.45) is 17.8 Å². The number of hydrogen-bond acceptors (Lipinski definition) is 4. The number of aromatic nitrogens is 2. The molecule has 7 nitrogen and oxygen atoms in total. The zero-order chi connectivity index (χ0) is 18.0. The SMILES string of the molecule is CC(C)CN(C(=O)C1CCC1)c1c(N)n(CC(C)C)c(=O)[nH]c1=O. The number of rotatable bonds is 6. The molecule has 1 aliphatic carbocycles. The van der Waals surface area contributed by atoms with Gasteiger partial charge in [0.2, 0.25) is 5.91 Å². The van der Waals surface area contributed by atoms with Crippen molar-refractivity contribution in [3.8, 4) is 0 Å². The second-order valence-electron chi connectivity index (χ2n) is 7.47. The first-order valence-corrected chi connectivity index (χ1v) is 8.66. The largest absolute Gasteiger partial charge is 0.383 e. The Morgan fingerprint density at radius 3 is 2.33 bits per heavy atom. The summed E-state index contributed by atoms with van der Waals surface area (Å²) in [5, 5.41) is 0. The summed E-state index contributed by atoms with van der Waals surface area (Å²) < 4.78 is 1.35. The van der Waals surface area contributed by atoms with Gasteiger partial charge in [0.25, 0.3) is 5.56 Å². The summed E-state index contributed by atoms with van der Waals surface area (Å²) in [5.41, 5.74) is 5.14. The maximum atomic E-state index is 12.8. The molecule has 0 spiro atoms. The van der Waals surface area contributed by atoms with Crippen LogP contribution >= 0.6 is 0 Å². The first kappa shape index (κ1) is 18.3. The lowest BCUT2D eigenvalue weighted by atomic mass is 9.84. The van der Waals surface area contributed by atoms with E-state index in [0.717, 1.165) is 19.3 Å². The number of H-pyrrole nitrogens is 1. The van der Waals surface area contributed by atoms with Crippen LogP contribution in [0.1, 0.15) is 47.0 Å². The first-order valence-electron chi connectivity index (χ1n) is 8.66. The van der Waals surface area contributed by atoms with Gasteiger partial charge in [0.1, 0.15) is 5.82 Å². The van der Waals surface area contributed by atoms with E-state index in [-0.39, 0.29) is 35.2 Å². The van der Waals surface area contributed by atoms with Crippen LogP contribution < -0.4 is 21.9 Å². The van der Waals surface area contributed by atoms with Gasteiger partial charge in [-0.15, -0.1) is 0 Å². The number of nitrogens with one attached hydrogen (secondary N) is 1.